The Hall–Kier alpha value is -1.11. The Morgan fingerprint density at radius 3 is 2.72 bits per heavy atom. The molecule has 1 unspecified atom stereocenters. The second-order valence-corrected chi connectivity index (χ2v) is 5.30. The summed E-state index contributed by atoms with van der Waals surface area (Å²) in [6, 6.07) is 0. The quantitative estimate of drug-likeness (QED) is 0.398. The predicted octanol–water partition coefficient (Wildman–Crippen LogP) is 5.45. The van der Waals surface area contributed by atoms with Crippen molar-refractivity contribution in [1.29, 1.82) is 0 Å². The third-order valence-corrected chi connectivity index (χ3v) is 3.54. The molecule has 0 aromatic carbocycles. The van der Waals surface area contributed by atoms with Crippen LogP contribution in [0.2, 0.25) is 0 Å². The molecule has 1 rings (SSSR count). The van der Waals surface area contributed by atoms with Crippen molar-refractivity contribution in [3.63, 3.8) is 0 Å². The normalized spacial score (nSPS) is 19.8. The molecule has 0 saturated carbocycles. The van der Waals surface area contributed by atoms with Crippen LogP contribution in [0.25, 0.3) is 0 Å². The molecule has 0 aromatic rings. The summed E-state index contributed by atoms with van der Waals surface area (Å²) < 4.78 is 0. The summed E-state index contributed by atoms with van der Waals surface area (Å²) in [5, 5.41) is 0. The molecular formula is C17H27N. The van der Waals surface area contributed by atoms with Gasteiger partial charge in [-0.25, -0.2) is 0 Å². The SMILES string of the molecule is C=C(C)N=C/C=C(\C)C1=CCC1CCCCCC. The number of aliphatic imine (C=N–C) groups is 1. The second kappa shape index (κ2) is 8.07. The van der Waals surface area contributed by atoms with Gasteiger partial charge in [-0.1, -0.05) is 45.3 Å². The van der Waals surface area contributed by atoms with Crippen LogP contribution >= 0.6 is 0 Å². The molecular weight excluding hydrogens is 218 g/mol. The van der Waals surface area contributed by atoms with Gasteiger partial charge in [0.05, 0.1) is 0 Å². The summed E-state index contributed by atoms with van der Waals surface area (Å²) >= 11 is 0. The summed E-state index contributed by atoms with van der Waals surface area (Å²) in [6.07, 6.45) is 14.4. The topological polar surface area (TPSA) is 12.4 Å². The highest BCUT2D eigenvalue weighted by Crippen LogP contribution is 2.36. The van der Waals surface area contributed by atoms with Gasteiger partial charge in [0.15, 0.2) is 0 Å². The van der Waals surface area contributed by atoms with Crippen LogP contribution in [0.3, 0.4) is 0 Å². The number of hydrogen-bond acceptors (Lipinski definition) is 1. The molecule has 100 valence electrons. The minimum atomic E-state index is 0.802. The largest absolute Gasteiger partial charge is 0.262 e. The van der Waals surface area contributed by atoms with Crippen molar-refractivity contribution in [2.45, 2.75) is 59.3 Å². The molecule has 18 heavy (non-hydrogen) atoms. The number of rotatable bonds is 8. The lowest BCUT2D eigenvalue weighted by molar-refractivity contribution is 0.483. The molecule has 0 heterocycles. The van der Waals surface area contributed by atoms with Gasteiger partial charge in [-0.3, -0.25) is 4.99 Å². The second-order valence-electron chi connectivity index (χ2n) is 5.30. The fourth-order valence-corrected chi connectivity index (χ4v) is 2.35. The standard InChI is InChI=1S/C17H27N/c1-5-6-7-8-9-16-10-11-17(16)15(4)12-13-18-14(2)3/h11-13,16H,2,5-10H2,1,3-4H3/b15-12+,18-13?. The third-order valence-electron chi connectivity index (χ3n) is 3.54. The van der Waals surface area contributed by atoms with E-state index in [9.17, 15) is 0 Å². The fourth-order valence-electron chi connectivity index (χ4n) is 2.35. The average Bonchev–Trinajstić information content (AvgIpc) is 2.26. The van der Waals surface area contributed by atoms with E-state index in [-0.39, 0.29) is 0 Å². The van der Waals surface area contributed by atoms with E-state index in [1.807, 2.05) is 13.1 Å². The van der Waals surface area contributed by atoms with Gasteiger partial charge in [0.25, 0.3) is 0 Å². The zero-order chi connectivity index (χ0) is 13.4. The van der Waals surface area contributed by atoms with E-state index in [2.05, 4.69) is 37.6 Å². The lowest BCUT2D eigenvalue weighted by Gasteiger charge is -2.28. The van der Waals surface area contributed by atoms with Crippen LogP contribution in [-0.4, -0.2) is 6.21 Å². The van der Waals surface area contributed by atoms with Gasteiger partial charge in [-0.05, 0) is 49.8 Å². The van der Waals surface area contributed by atoms with Crippen molar-refractivity contribution in [3.8, 4) is 0 Å². The Bertz CT molecular complexity index is 358. The first kappa shape index (κ1) is 14.9. The zero-order valence-corrected chi connectivity index (χ0v) is 12.2. The lowest BCUT2D eigenvalue weighted by atomic mass is 9.77. The number of unbranched alkanes of at least 4 members (excludes halogenated alkanes) is 3. The first-order valence-corrected chi connectivity index (χ1v) is 7.22. The molecule has 0 aliphatic heterocycles. The first-order valence-electron chi connectivity index (χ1n) is 7.22. The zero-order valence-electron chi connectivity index (χ0n) is 12.2. The van der Waals surface area contributed by atoms with Gasteiger partial charge < -0.3 is 0 Å². The summed E-state index contributed by atoms with van der Waals surface area (Å²) in [5.41, 5.74) is 3.77. The molecule has 0 radical (unpaired) electrons. The summed E-state index contributed by atoms with van der Waals surface area (Å²) in [5.74, 6) is 0.802. The highest BCUT2D eigenvalue weighted by Gasteiger charge is 2.21. The Morgan fingerprint density at radius 1 is 1.39 bits per heavy atom. The molecule has 0 saturated heterocycles. The average molecular weight is 245 g/mol. The van der Waals surface area contributed by atoms with E-state index in [0.717, 1.165) is 11.6 Å². The van der Waals surface area contributed by atoms with E-state index in [1.54, 1.807) is 5.57 Å². The van der Waals surface area contributed by atoms with E-state index < -0.39 is 0 Å². The maximum absolute atomic E-state index is 4.19. The minimum absolute atomic E-state index is 0.802. The van der Waals surface area contributed by atoms with Gasteiger partial charge in [-0.2, -0.15) is 0 Å². The van der Waals surface area contributed by atoms with Crippen molar-refractivity contribution in [2.75, 3.05) is 0 Å². The Kier molecular flexibility index (Phi) is 6.70. The fraction of sp³-hybridized carbons (Fsp3) is 0.588. The molecule has 0 N–H and O–H groups in total. The van der Waals surface area contributed by atoms with E-state index in [0.29, 0.717) is 0 Å². The van der Waals surface area contributed by atoms with Gasteiger partial charge in [-0.15, -0.1) is 0 Å². The van der Waals surface area contributed by atoms with E-state index in [4.69, 9.17) is 0 Å². The number of nitrogens with zero attached hydrogens (tertiary/aromatic N) is 1. The van der Waals surface area contributed by atoms with Crippen molar-refractivity contribution < 1.29 is 0 Å². The molecule has 0 amide bonds. The summed E-state index contributed by atoms with van der Waals surface area (Å²) in [7, 11) is 0. The molecule has 1 heteroatoms. The minimum Gasteiger partial charge on any atom is -0.262 e. The Labute approximate surface area is 112 Å². The van der Waals surface area contributed by atoms with Crippen LogP contribution in [0.4, 0.5) is 0 Å². The highest BCUT2D eigenvalue weighted by molar-refractivity contribution is 5.74. The molecule has 1 aliphatic rings. The van der Waals surface area contributed by atoms with Crippen LogP contribution in [0.5, 0.6) is 0 Å². The molecule has 0 fully saturated rings. The van der Waals surface area contributed by atoms with Crippen LogP contribution in [-0.2, 0) is 0 Å². The highest BCUT2D eigenvalue weighted by atomic mass is 14.7. The number of hydrogen-bond donors (Lipinski definition) is 0. The van der Waals surface area contributed by atoms with Gasteiger partial charge in [0.2, 0.25) is 0 Å². The maximum atomic E-state index is 4.19. The Morgan fingerprint density at radius 2 is 2.17 bits per heavy atom. The van der Waals surface area contributed by atoms with Crippen molar-refractivity contribution >= 4 is 6.21 Å². The molecule has 1 atom stereocenters. The Balaban J connectivity index is 2.36. The maximum Gasteiger partial charge on any atom is 0.0300 e. The molecule has 0 spiro atoms. The van der Waals surface area contributed by atoms with E-state index >= 15 is 0 Å². The van der Waals surface area contributed by atoms with E-state index in [1.165, 1.54) is 44.1 Å². The smallest absolute Gasteiger partial charge is 0.0300 e. The van der Waals surface area contributed by atoms with Gasteiger partial charge >= 0.3 is 0 Å². The summed E-state index contributed by atoms with van der Waals surface area (Å²) in [4.78, 5) is 4.19. The molecule has 1 aliphatic carbocycles. The molecule has 0 bridgehead atoms. The predicted molar refractivity (Wildman–Crippen MR) is 82.0 cm³/mol. The summed E-state index contributed by atoms with van der Waals surface area (Å²) in [6.45, 7) is 10.1. The lowest BCUT2D eigenvalue weighted by Crippen LogP contribution is -2.13. The van der Waals surface area contributed by atoms with Crippen LogP contribution in [0.1, 0.15) is 59.3 Å². The van der Waals surface area contributed by atoms with Crippen LogP contribution in [0, 0.1) is 5.92 Å². The molecule has 0 aromatic heterocycles. The number of allylic oxidation sites excluding steroid dienone is 5. The van der Waals surface area contributed by atoms with Crippen LogP contribution in [0.15, 0.2) is 40.6 Å². The monoisotopic (exact) mass is 245 g/mol. The van der Waals surface area contributed by atoms with Crippen molar-refractivity contribution in [3.05, 3.63) is 35.6 Å². The van der Waals surface area contributed by atoms with Crippen molar-refractivity contribution in [1.82, 2.24) is 0 Å². The third kappa shape index (κ3) is 5.03. The van der Waals surface area contributed by atoms with Gasteiger partial charge in [0.1, 0.15) is 0 Å². The van der Waals surface area contributed by atoms with Crippen molar-refractivity contribution in [2.24, 2.45) is 10.9 Å². The molecule has 1 nitrogen and oxygen atoms in total. The van der Waals surface area contributed by atoms with Gasteiger partial charge in [0, 0.05) is 11.9 Å². The first-order chi connectivity index (χ1) is 8.65. The van der Waals surface area contributed by atoms with Crippen LogP contribution < -0.4 is 0 Å².